The van der Waals surface area contributed by atoms with Crippen LogP contribution in [0.2, 0.25) is 0 Å². The summed E-state index contributed by atoms with van der Waals surface area (Å²) >= 11 is 0. The maximum absolute atomic E-state index is 12.1. The van der Waals surface area contributed by atoms with Gasteiger partial charge in [0.1, 0.15) is 5.54 Å². The summed E-state index contributed by atoms with van der Waals surface area (Å²) in [5.41, 5.74) is 0.612. The molecule has 0 spiro atoms. The lowest BCUT2D eigenvalue weighted by Crippen LogP contribution is -2.55. The SMILES string of the molecule is Cc1ccc(CC(=O)NC2(C(=O)O)CCCCC2)cn1. The molecule has 1 heterocycles. The highest BCUT2D eigenvalue weighted by Gasteiger charge is 2.40. The van der Waals surface area contributed by atoms with Crippen LogP contribution in [0.1, 0.15) is 43.4 Å². The van der Waals surface area contributed by atoms with Gasteiger partial charge in [-0.05, 0) is 31.4 Å². The topological polar surface area (TPSA) is 79.3 Å². The monoisotopic (exact) mass is 276 g/mol. The van der Waals surface area contributed by atoms with E-state index in [1.165, 1.54) is 0 Å². The lowest BCUT2D eigenvalue weighted by Gasteiger charge is -2.34. The minimum absolute atomic E-state index is 0.169. The van der Waals surface area contributed by atoms with E-state index in [0.717, 1.165) is 30.5 Å². The molecular formula is C15H20N2O3. The fourth-order valence-electron chi connectivity index (χ4n) is 2.65. The Morgan fingerprint density at radius 3 is 2.55 bits per heavy atom. The van der Waals surface area contributed by atoms with Gasteiger partial charge in [0.25, 0.3) is 0 Å². The van der Waals surface area contributed by atoms with Crippen molar-refractivity contribution in [2.24, 2.45) is 0 Å². The van der Waals surface area contributed by atoms with Gasteiger partial charge in [0.2, 0.25) is 5.91 Å². The third-order valence-electron chi connectivity index (χ3n) is 3.83. The lowest BCUT2D eigenvalue weighted by molar-refractivity contribution is -0.149. The van der Waals surface area contributed by atoms with Crippen molar-refractivity contribution in [1.82, 2.24) is 10.3 Å². The van der Waals surface area contributed by atoms with Crippen molar-refractivity contribution in [3.05, 3.63) is 29.6 Å². The van der Waals surface area contributed by atoms with E-state index in [1.54, 1.807) is 6.20 Å². The molecule has 0 radical (unpaired) electrons. The summed E-state index contributed by atoms with van der Waals surface area (Å²) < 4.78 is 0. The maximum Gasteiger partial charge on any atom is 0.329 e. The van der Waals surface area contributed by atoms with Gasteiger partial charge < -0.3 is 10.4 Å². The van der Waals surface area contributed by atoms with Gasteiger partial charge in [-0.2, -0.15) is 0 Å². The molecular weight excluding hydrogens is 256 g/mol. The number of carbonyl (C=O) groups is 2. The van der Waals surface area contributed by atoms with Crippen LogP contribution >= 0.6 is 0 Å². The first-order valence-electron chi connectivity index (χ1n) is 6.98. The number of nitrogens with zero attached hydrogens (tertiary/aromatic N) is 1. The second-order valence-corrected chi connectivity index (χ2v) is 5.48. The highest BCUT2D eigenvalue weighted by molar-refractivity contribution is 5.88. The summed E-state index contributed by atoms with van der Waals surface area (Å²) in [6, 6.07) is 3.69. The zero-order valence-electron chi connectivity index (χ0n) is 11.7. The molecule has 108 valence electrons. The summed E-state index contributed by atoms with van der Waals surface area (Å²) in [6.45, 7) is 1.88. The average Bonchev–Trinajstić information content (AvgIpc) is 2.42. The van der Waals surface area contributed by atoms with Gasteiger partial charge in [-0.25, -0.2) is 4.79 Å². The molecule has 2 N–H and O–H groups in total. The number of nitrogens with one attached hydrogen (secondary N) is 1. The Balaban J connectivity index is 2.01. The fraction of sp³-hybridized carbons (Fsp3) is 0.533. The molecule has 1 aliphatic carbocycles. The van der Waals surface area contributed by atoms with Crippen LogP contribution < -0.4 is 5.32 Å². The summed E-state index contributed by atoms with van der Waals surface area (Å²) in [5.74, 6) is -1.17. The largest absolute Gasteiger partial charge is 0.480 e. The van der Waals surface area contributed by atoms with Gasteiger partial charge in [-0.15, -0.1) is 0 Å². The van der Waals surface area contributed by atoms with Crippen LogP contribution in [0.25, 0.3) is 0 Å². The Hall–Kier alpha value is -1.91. The highest BCUT2D eigenvalue weighted by Crippen LogP contribution is 2.28. The van der Waals surface area contributed by atoms with Gasteiger partial charge in [0.05, 0.1) is 6.42 Å². The summed E-state index contributed by atoms with van der Waals surface area (Å²) in [6.07, 6.45) is 5.58. The molecule has 0 saturated heterocycles. The van der Waals surface area contributed by atoms with Crippen LogP contribution in [-0.2, 0) is 16.0 Å². The van der Waals surface area contributed by atoms with E-state index in [9.17, 15) is 14.7 Å². The van der Waals surface area contributed by atoms with Crippen LogP contribution in [-0.4, -0.2) is 27.5 Å². The number of hydrogen-bond acceptors (Lipinski definition) is 3. The number of aliphatic carboxylic acids is 1. The van der Waals surface area contributed by atoms with Gasteiger partial charge in [0.15, 0.2) is 0 Å². The molecule has 0 aromatic carbocycles. The molecule has 0 aliphatic heterocycles. The molecule has 1 aromatic rings. The number of rotatable bonds is 4. The molecule has 0 unspecified atom stereocenters. The van der Waals surface area contributed by atoms with Gasteiger partial charge in [-0.3, -0.25) is 9.78 Å². The van der Waals surface area contributed by atoms with E-state index < -0.39 is 11.5 Å². The first-order chi connectivity index (χ1) is 9.52. The van der Waals surface area contributed by atoms with Gasteiger partial charge in [0, 0.05) is 11.9 Å². The van der Waals surface area contributed by atoms with Crippen LogP contribution in [0.4, 0.5) is 0 Å². The Bertz CT molecular complexity index is 490. The van der Waals surface area contributed by atoms with E-state index in [0.29, 0.717) is 12.8 Å². The first-order valence-corrected chi connectivity index (χ1v) is 6.98. The number of amides is 1. The van der Waals surface area contributed by atoms with Crippen molar-refractivity contribution in [1.29, 1.82) is 0 Å². The van der Waals surface area contributed by atoms with E-state index >= 15 is 0 Å². The highest BCUT2D eigenvalue weighted by atomic mass is 16.4. The second-order valence-electron chi connectivity index (χ2n) is 5.48. The quantitative estimate of drug-likeness (QED) is 0.879. The second kappa shape index (κ2) is 6.03. The van der Waals surface area contributed by atoms with Crippen LogP contribution in [0.3, 0.4) is 0 Å². The number of carbonyl (C=O) groups excluding carboxylic acids is 1. The number of carboxylic acids is 1. The molecule has 1 aromatic heterocycles. The molecule has 0 atom stereocenters. The van der Waals surface area contributed by atoms with Gasteiger partial charge in [-0.1, -0.05) is 25.3 Å². The Labute approximate surface area is 118 Å². The summed E-state index contributed by atoms with van der Waals surface area (Å²) in [5, 5.41) is 12.1. The van der Waals surface area contributed by atoms with Crippen molar-refractivity contribution >= 4 is 11.9 Å². The molecule has 20 heavy (non-hydrogen) atoms. The number of aromatic nitrogens is 1. The normalized spacial score (nSPS) is 17.4. The lowest BCUT2D eigenvalue weighted by atomic mass is 9.81. The number of carboxylic acid groups (broad SMARTS) is 1. The molecule has 1 aliphatic rings. The number of hydrogen-bond donors (Lipinski definition) is 2. The van der Waals surface area contributed by atoms with Crippen molar-refractivity contribution in [2.45, 2.75) is 51.0 Å². The van der Waals surface area contributed by atoms with E-state index in [4.69, 9.17) is 0 Å². The minimum Gasteiger partial charge on any atom is -0.480 e. The molecule has 2 rings (SSSR count). The standard InChI is InChI=1S/C15H20N2O3/c1-11-5-6-12(10-16-11)9-13(18)17-15(14(19)20)7-3-2-4-8-15/h5-6,10H,2-4,7-9H2,1H3,(H,17,18)(H,19,20). The average molecular weight is 276 g/mol. The zero-order chi connectivity index (χ0) is 14.6. The molecule has 5 heteroatoms. The summed E-state index contributed by atoms with van der Waals surface area (Å²) in [4.78, 5) is 27.7. The Morgan fingerprint density at radius 2 is 2.00 bits per heavy atom. The Morgan fingerprint density at radius 1 is 1.30 bits per heavy atom. The van der Waals surface area contributed by atoms with Crippen molar-refractivity contribution < 1.29 is 14.7 Å². The molecule has 5 nitrogen and oxygen atoms in total. The molecule has 1 saturated carbocycles. The van der Waals surface area contributed by atoms with Crippen LogP contribution in [0.15, 0.2) is 18.3 Å². The van der Waals surface area contributed by atoms with E-state index in [1.807, 2.05) is 19.1 Å². The molecule has 0 bridgehead atoms. The van der Waals surface area contributed by atoms with E-state index in [2.05, 4.69) is 10.3 Å². The van der Waals surface area contributed by atoms with Crippen molar-refractivity contribution in [3.8, 4) is 0 Å². The fourth-order valence-corrected chi connectivity index (χ4v) is 2.65. The smallest absolute Gasteiger partial charge is 0.329 e. The Kier molecular flexibility index (Phi) is 4.37. The minimum atomic E-state index is -1.08. The summed E-state index contributed by atoms with van der Waals surface area (Å²) in [7, 11) is 0. The van der Waals surface area contributed by atoms with E-state index in [-0.39, 0.29) is 12.3 Å². The maximum atomic E-state index is 12.1. The van der Waals surface area contributed by atoms with Crippen molar-refractivity contribution in [2.75, 3.05) is 0 Å². The van der Waals surface area contributed by atoms with Gasteiger partial charge >= 0.3 is 5.97 Å². The third kappa shape index (κ3) is 3.35. The van der Waals surface area contributed by atoms with Crippen LogP contribution in [0.5, 0.6) is 0 Å². The zero-order valence-corrected chi connectivity index (χ0v) is 11.7. The number of aryl methyl sites for hydroxylation is 1. The van der Waals surface area contributed by atoms with Crippen LogP contribution in [0, 0.1) is 6.92 Å². The molecule has 1 fully saturated rings. The predicted octanol–water partition coefficient (Wildman–Crippen LogP) is 1.84. The molecule has 1 amide bonds. The number of pyridine rings is 1. The predicted molar refractivity (Wildman–Crippen MR) is 74.3 cm³/mol. The van der Waals surface area contributed by atoms with Crippen molar-refractivity contribution in [3.63, 3.8) is 0 Å². The third-order valence-corrected chi connectivity index (χ3v) is 3.83. The first kappa shape index (κ1) is 14.5.